The van der Waals surface area contributed by atoms with Crippen molar-refractivity contribution in [1.82, 2.24) is 9.29 Å². The van der Waals surface area contributed by atoms with Crippen LogP contribution in [-0.4, -0.2) is 36.5 Å². The number of nitrogens with zero attached hydrogens (tertiary/aromatic N) is 1. The van der Waals surface area contributed by atoms with Crippen LogP contribution in [0.15, 0.2) is 30.3 Å². The summed E-state index contributed by atoms with van der Waals surface area (Å²) in [5.74, 6) is 0.238. The molecule has 1 aliphatic rings. The van der Waals surface area contributed by atoms with Crippen LogP contribution in [0, 0.1) is 6.92 Å². The Morgan fingerprint density at radius 1 is 1.27 bits per heavy atom. The van der Waals surface area contributed by atoms with Gasteiger partial charge in [0, 0.05) is 35.2 Å². The quantitative estimate of drug-likeness (QED) is 0.940. The molecule has 5 heteroatoms. The van der Waals surface area contributed by atoms with Gasteiger partial charge in [0.15, 0.2) is 0 Å². The second-order valence-corrected chi connectivity index (χ2v) is 7.91. The van der Waals surface area contributed by atoms with Crippen LogP contribution in [0.1, 0.15) is 31.0 Å². The lowest BCUT2D eigenvalue weighted by molar-refractivity contribution is 0.440. The largest absolute Gasteiger partial charge is 0.358 e. The van der Waals surface area contributed by atoms with Crippen LogP contribution in [0.4, 0.5) is 0 Å². The van der Waals surface area contributed by atoms with E-state index in [4.69, 9.17) is 0 Å². The highest BCUT2D eigenvalue weighted by molar-refractivity contribution is 7.89. The van der Waals surface area contributed by atoms with Crippen molar-refractivity contribution in [3.63, 3.8) is 0 Å². The minimum absolute atomic E-state index is 0.238. The summed E-state index contributed by atoms with van der Waals surface area (Å²) in [6, 6.07) is 8.26. The number of hydrogen-bond acceptors (Lipinski definition) is 2. The van der Waals surface area contributed by atoms with Crippen molar-refractivity contribution in [3.05, 3.63) is 41.6 Å². The average Bonchev–Trinajstić information content (AvgIpc) is 2.83. The molecule has 0 aliphatic carbocycles. The second kappa shape index (κ2) is 5.89. The molecular formula is C17H22N2O2S. The first kappa shape index (κ1) is 15.3. The van der Waals surface area contributed by atoms with Gasteiger partial charge in [-0.05, 0) is 31.4 Å². The van der Waals surface area contributed by atoms with Gasteiger partial charge in [-0.1, -0.05) is 31.2 Å². The van der Waals surface area contributed by atoms with Gasteiger partial charge in [0.2, 0.25) is 10.0 Å². The van der Waals surface area contributed by atoms with E-state index in [1.165, 1.54) is 16.5 Å². The summed E-state index contributed by atoms with van der Waals surface area (Å²) in [4.78, 5) is 3.41. The van der Waals surface area contributed by atoms with Crippen LogP contribution in [-0.2, 0) is 10.0 Å². The first-order valence-corrected chi connectivity index (χ1v) is 9.38. The maximum Gasteiger partial charge on any atom is 0.214 e. The Morgan fingerprint density at radius 3 is 2.73 bits per heavy atom. The number of aryl methyl sites for hydroxylation is 1. The Morgan fingerprint density at radius 2 is 2.05 bits per heavy atom. The first-order valence-electron chi connectivity index (χ1n) is 7.77. The fraction of sp³-hybridized carbons (Fsp3) is 0.412. The number of fused-ring (bicyclic) bond motifs is 1. The van der Waals surface area contributed by atoms with E-state index < -0.39 is 10.0 Å². The highest BCUT2D eigenvalue weighted by atomic mass is 32.2. The SMILES string of the molecule is CCCS(=O)(=O)N1CC=C(c2c(C)[nH]c3ccccc23)CC1. The van der Waals surface area contributed by atoms with Crippen LogP contribution in [0.5, 0.6) is 0 Å². The number of H-pyrrole nitrogens is 1. The molecule has 0 amide bonds. The molecule has 2 heterocycles. The van der Waals surface area contributed by atoms with Crippen molar-refractivity contribution in [3.8, 4) is 0 Å². The maximum atomic E-state index is 12.1. The fourth-order valence-corrected chi connectivity index (χ4v) is 4.65. The predicted octanol–water partition coefficient (Wildman–Crippen LogP) is 3.31. The van der Waals surface area contributed by atoms with E-state index in [-0.39, 0.29) is 5.75 Å². The molecule has 0 radical (unpaired) electrons. The Hall–Kier alpha value is -1.59. The first-order chi connectivity index (χ1) is 10.5. The van der Waals surface area contributed by atoms with Crippen molar-refractivity contribution >= 4 is 26.5 Å². The molecule has 2 aromatic rings. The summed E-state index contributed by atoms with van der Waals surface area (Å²) in [7, 11) is -3.10. The van der Waals surface area contributed by atoms with E-state index in [1.807, 2.05) is 19.1 Å². The zero-order valence-electron chi connectivity index (χ0n) is 13.1. The molecule has 118 valence electrons. The molecule has 0 bridgehead atoms. The molecule has 4 nitrogen and oxygen atoms in total. The van der Waals surface area contributed by atoms with E-state index in [0.717, 1.165) is 17.6 Å². The summed E-state index contributed by atoms with van der Waals surface area (Å²) >= 11 is 0. The molecule has 1 N–H and O–H groups in total. The number of nitrogens with one attached hydrogen (secondary N) is 1. The fourth-order valence-electron chi connectivity index (χ4n) is 3.21. The summed E-state index contributed by atoms with van der Waals surface area (Å²) in [6.45, 7) is 5.04. The number of para-hydroxylation sites is 1. The predicted molar refractivity (Wildman–Crippen MR) is 91.3 cm³/mol. The van der Waals surface area contributed by atoms with Crippen molar-refractivity contribution in [2.75, 3.05) is 18.8 Å². The van der Waals surface area contributed by atoms with Crippen molar-refractivity contribution in [2.24, 2.45) is 0 Å². The molecule has 1 aromatic carbocycles. The topological polar surface area (TPSA) is 53.2 Å². The van der Waals surface area contributed by atoms with Gasteiger partial charge in [-0.15, -0.1) is 0 Å². The molecule has 1 aromatic heterocycles. The zero-order valence-corrected chi connectivity index (χ0v) is 13.9. The lowest BCUT2D eigenvalue weighted by Gasteiger charge is -2.26. The van der Waals surface area contributed by atoms with Crippen molar-refractivity contribution in [1.29, 1.82) is 0 Å². The normalized spacial score (nSPS) is 16.9. The van der Waals surface area contributed by atoms with Gasteiger partial charge >= 0.3 is 0 Å². The third kappa shape index (κ3) is 2.71. The molecule has 0 atom stereocenters. The average molecular weight is 318 g/mol. The highest BCUT2D eigenvalue weighted by Crippen LogP contribution is 2.32. The third-order valence-corrected chi connectivity index (χ3v) is 6.28. The van der Waals surface area contributed by atoms with Crippen LogP contribution in [0.2, 0.25) is 0 Å². The van der Waals surface area contributed by atoms with Crippen molar-refractivity contribution < 1.29 is 8.42 Å². The van der Waals surface area contributed by atoms with Gasteiger partial charge in [0.05, 0.1) is 5.75 Å². The number of benzene rings is 1. The van der Waals surface area contributed by atoms with Crippen LogP contribution < -0.4 is 0 Å². The minimum Gasteiger partial charge on any atom is -0.358 e. The van der Waals surface area contributed by atoms with Gasteiger partial charge in [-0.2, -0.15) is 4.31 Å². The van der Waals surface area contributed by atoms with Crippen LogP contribution >= 0.6 is 0 Å². The van der Waals surface area contributed by atoms with E-state index in [0.29, 0.717) is 19.5 Å². The summed E-state index contributed by atoms with van der Waals surface area (Å²) in [5.41, 5.74) is 4.77. The van der Waals surface area contributed by atoms with Gasteiger partial charge < -0.3 is 4.98 Å². The minimum atomic E-state index is -3.10. The third-order valence-electron chi connectivity index (χ3n) is 4.24. The number of rotatable bonds is 4. The highest BCUT2D eigenvalue weighted by Gasteiger charge is 2.24. The van der Waals surface area contributed by atoms with Gasteiger partial charge in [-0.25, -0.2) is 8.42 Å². The number of hydrogen-bond donors (Lipinski definition) is 1. The molecule has 1 aliphatic heterocycles. The molecule has 3 rings (SSSR count). The number of aromatic amines is 1. The lowest BCUT2D eigenvalue weighted by atomic mass is 9.97. The monoisotopic (exact) mass is 318 g/mol. The lowest BCUT2D eigenvalue weighted by Crippen LogP contribution is -2.36. The molecule has 0 fully saturated rings. The molecule has 22 heavy (non-hydrogen) atoms. The Bertz CT molecular complexity index is 818. The van der Waals surface area contributed by atoms with Gasteiger partial charge in [-0.3, -0.25) is 0 Å². The van der Waals surface area contributed by atoms with E-state index >= 15 is 0 Å². The standard InChI is InChI=1S/C17H22N2O2S/c1-3-12-22(20,21)19-10-8-14(9-11-19)17-13(2)18-16-7-5-4-6-15(16)17/h4-8,18H,3,9-12H2,1-2H3. The van der Waals surface area contributed by atoms with Crippen molar-refractivity contribution in [2.45, 2.75) is 26.7 Å². The summed E-state index contributed by atoms with van der Waals surface area (Å²) in [6.07, 6.45) is 3.50. The Balaban J connectivity index is 1.91. The maximum absolute atomic E-state index is 12.1. The molecule has 0 saturated heterocycles. The van der Waals surface area contributed by atoms with Gasteiger partial charge in [0.1, 0.15) is 0 Å². The smallest absolute Gasteiger partial charge is 0.214 e. The molecule has 0 saturated carbocycles. The van der Waals surface area contributed by atoms with E-state index in [1.54, 1.807) is 4.31 Å². The zero-order chi connectivity index (χ0) is 15.7. The van der Waals surface area contributed by atoms with Crippen LogP contribution in [0.25, 0.3) is 16.5 Å². The van der Waals surface area contributed by atoms with E-state index in [2.05, 4.69) is 30.1 Å². The molecule has 0 spiro atoms. The van der Waals surface area contributed by atoms with Gasteiger partial charge in [0.25, 0.3) is 0 Å². The number of sulfonamides is 1. The summed E-state index contributed by atoms with van der Waals surface area (Å²) in [5, 5.41) is 1.22. The van der Waals surface area contributed by atoms with E-state index in [9.17, 15) is 8.42 Å². The second-order valence-electron chi connectivity index (χ2n) is 5.82. The Labute approximate surface area is 131 Å². The Kier molecular flexibility index (Phi) is 4.10. The number of aromatic nitrogens is 1. The molecule has 0 unspecified atom stereocenters. The molecular weight excluding hydrogens is 296 g/mol. The summed E-state index contributed by atoms with van der Waals surface area (Å²) < 4.78 is 25.9. The van der Waals surface area contributed by atoms with Crippen LogP contribution in [0.3, 0.4) is 0 Å².